The van der Waals surface area contributed by atoms with Crippen LogP contribution in [0.15, 0.2) is 24.3 Å². The molecule has 0 radical (unpaired) electrons. The third-order valence-electron chi connectivity index (χ3n) is 2.73. The van der Waals surface area contributed by atoms with Crippen LogP contribution < -0.4 is 0 Å². The highest BCUT2D eigenvalue weighted by molar-refractivity contribution is 5.68. The number of nitrogens with zero attached hydrogens (tertiary/aromatic N) is 1. The molecule has 1 atom stereocenters. The molecule has 2 N–H and O–H groups in total. The van der Waals surface area contributed by atoms with Gasteiger partial charge in [0.1, 0.15) is 5.75 Å². The molecular formula is C12H15NO4. The van der Waals surface area contributed by atoms with Crippen molar-refractivity contribution in [3.63, 3.8) is 0 Å². The number of phenolic OH excluding ortho intramolecular Hbond substituents is 1. The van der Waals surface area contributed by atoms with E-state index in [2.05, 4.69) is 0 Å². The molecule has 0 saturated carbocycles. The van der Waals surface area contributed by atoms with Gasteiger partial charge in [-0.1, -0.05) is 12.1 Å². The Morgan fingerprint density at radius 1 is 1.35 bits per heavy atom. The first-order valence-electron chi connectivity index (χ1n) is 5.55. The van der Waals surface area contributed by atoms with Crippen LogP contribution in [0.1, 0.15) is 18.1 Å². The summed E-state index contributed by atoms with van der Waals surface area (Å²) in [5.74, 6) is 0.151. The molecular weight excluding hydrogens is 222 g/mol. The lowest BCUT2D eigenvalue weighted by Crippen LogP contribution is -2.40. The fourth-order valence-electron chi connectivity index (χ4n) is 1.77. The SMILES string of the molecule is O=C1OCCCN1CC(O)c1ccc(O)cc1. The maximum Gasteiger partial charge on any atom is 0.409 e. The second-order valence-corrected chi connectivity index (χ2v) is 4.02. The Hall–Kier alpha value is -1.75. The highest BCUT2D eigenvalue weighted by atomic mass is 16.6. The molecule has 0 bridgehead atoms. The molecule has 5 nitrogen and oxygen atoms in total. The van der Waals surface area contributed by atoms with Crippen LogP contribution in [0.4, 0.5) is 4.79 Å². The Morgan fingerprint density at radius 2 is 2.06 bits per heavy atom. The van der Waals surface area contributed by atoms with Crippen molar-refractivity contribution in [2.75, 3.05) is 19.7 Å². The Balaban J connectivity index is 1.98. The van der Waals surface area contributed by atoms with Gasteiger partial charge in [0.15, 0.2) is 0 Å². The molecule has 0 spiro atoms. The topological polar surface area (TPSA) is 70.0 Å². The van der Waals surface area contributed by atoms with Crippen molar-refractivity contribution in [1.29, 1.82) is 0 Å². The Kier molecular flexibility index (Phi) is 3.49. The van der Waals surface area contributed by atoms with Crippen LogP contribution in [-0.2, 0) is 4.74 Å². The van der Waals surface area contributed by atoms with Gasteiger partial charge in [0.05, 0.1) is 19.3 Å². The number of aliphatic hydroxyl groups excluding tert-OH is 1. The number of phenols is 1. The molecule has 1 fully saturated rings. The summed E-state index contributed by atoms with van der Waals surface area (Å²) in [6, 6.07) is 6.28. The van der Waals surface area contributed by atoms with Crippen LogP contribution in [0.2, 0.25) is 0 Å². The first kappa shape index (κ1) is 11.7. The standard InChI is InChI=1S/C12H15NO4/c14-10-4-2-9(3-5-10)11(15)8-13-6-1-7-17-12(13)16/h2-5,11,14-15H,1,6-8H2. The van der Waals surface area contributed by atoms with Crippen molar-refractivity contribution in [3.8, 4) is 5.75 Å². The van der Waals surface area contributed by atoms with E-state index in [0.29, 0.717) is 18.7 Å². The summed E-state index contributed by atoms with van der Waals surface area (Å²) in [6.07, 6.45) is -0.357. The number of β-amino-alcohol motifs (C(OH)–C–C–N with tert-alkyl or cyclic N) is 1. The first-order chi connectivity index (χ1) is 8.16. The van der Waals surface area contributed by atoms with Gasteiger partial charge in [-0.15, -0.1) is 0 Å². The number of carbonyl (C=O) groups is 1. The third-order valence-corrected chi connectivity index (χ3v) is 2.73. The molecule has 0 aromatic heterocycles. The summed E-state index contributed by atoms with van der Waals surface area (Å²) in [5.41, 5.74) is 0.668. The van der Waals surface area contributed by atoms with Crippen molar-refractivity contribution in [2.24, 2.45) is 0 Å². The van der Waals surface area contributed by atoms with Gasteiger partial charge in [0.2, 0.25) is 0 Å². The lowest BCUT2D eigenvalue weighted by molar-refractivity contribution is 0.0475. The number of ether oxygens (including phenoxy) is 1. The number of carbonyl (C=O) groups excluding carboxylic acids is 1. The summed E-state index contributed by atoms with van der Waals surface area (Å²) in [4.78, 5) is 12.9. The number of aliphatic hydroxyl groups is 1. The molecule has 92 valence electrons. The van der Waals surface area contributed by atoms with Crippen molar-refractivity contribution >= 4 is 6.09 Å². The number of benzene rings is 1. The summed E-state index contributed by atoms with van der Waals surface area (Å²) in [6.45, 7) is 1.27. The zero-order chi connectivity index (χ0) is 12.3. The van der Waals surface area contributed by atoms with Gasteiger partial charge in [-0.05, 0) is 24.1 Å². The van der Waals surface area contributed by atoms with Gasteiger partial charge in [0.25, 0.3) is 0 Å². The third kappa shape index (κ3) is 2.88. The molecule has 1 aliphatic rings. The van der Waals surface area contributed by atoms with Crippen molar-refractivity contribution in [3.05, 3.63) is 29.8 Å². The maximum atomic E-state index is 11.4. The molecule has 1 aromatic rings. The van der Waals surface area contributed by atoms with E-state index in [-0.39, 0.29) is 18.4 Å². The van der Waals surface area contributed by atoms with E-state index in [4.69, 9.17) is 9.84 Å². The number of hydrogen-bond acceptors (Lipinski definition) is 4. The van der Waals surface area contributed by atoms with Gasteiger partial charge < -0.3 is 19.8 Å². The van der Waals surface area contributed by atoms with Gasteiger partial charge in [-0.2, -0.15) is 0 Å². The molecule has 2 rings (SSSR count). The summed E-state index contributed by atoms with van der Waals surface area (Å²) < 4.78 is 4.88. The number of cyclic esters (lactones) is 1. The Morgan fingerprint density at radius 3 is 2.71 bits per heavy atom. The van der Waals surface area contributed by atoms with Crippen LogP contribution in [0.25, 0.3) is 0 Å². The Labute approximate surface area is 99.2 Å². The molecule has 1 aliphatic heterocycles. The van der Waals surface area contributed by atoms with Gasteiger partial charge in [0, 0.05) is 6.54 Å². The van der Waals surface area contributed by atoms with Crippen molar-refractivity contribution in [2.45, 2.75) is 12.5 Å². The molecule has 1 unspecified atom stereocenters. The van der Waals surface area contributed by atoms with Crippen LogP contribution in [0.3, 0.4) is 0 Å². The molecule has 17 heavy (non-hydrogen) atoms. The fraction of sp³-hybridized carbons (Fsp3) is 0.417. The van der Waals surface area contributed by atoms with E-state index in [1.807, 2.05) is 0 Å². The molecule has 1 aromatic carbocycles. The monoisotopic (exact) mass is 237 g/mol. The average molecular weight is 237 g/mol. The van der Waals surface area contributed by atoms with E-state index in [1.165, 1.54) is 17.0 Å². The van der Waals surface area contributed by atoms with Crippen molar-refractivity contribution < 1.29 is 19.7 Å². The average Bonchev–Trinajstić information content (AvgIpc) is 2.33. The largest absolute Gasteiger partial charge is 0.508 e. The Bertz CT molecular complexity index is 390. The zero-order valence-corrected chi connectivity index (χ0v) is 9.37. The second-order valence-electron chi connectivity index (χ2n) is 4.02. The van der Waals surface area contributed by atoms with E-state index >= 15 is 0 Å². The lowest BCUT2D eigenvalue weighted by Gasteiger charge is -2.28. The van der Waals surface area contributed by atoms with Crippen molar-refractivity contribution in [1.82, 2.24) is 4.90 Å². The number of amides is 1. The van der Waals surface area contributed by atoms with Gasteiger partial charge >= 0.3 is 6.09 Å². The van der Waals surface area contributed by atoms with E-state index < -0.39 is 6.10 Å². The number of hydrogen-bond donors (Lipinski definition) is 2. The zero-order valence-electron chi connectivity index (χ0n) is 9.37. The highest BCUT2D eigenvalue weighted by Gasteiger charge is 2.22. The van der Waals surface area contributed by atoms with Crippen LogP contribution in [0, 0.1) is 0 Å². The highest BCUT2D eigenvalue weighted by Crippen LogP contribution is 2.19. The minimum atomic E-state index is -0.763. The maximum absolute atomic E-state index is 11.4. The van der Waals surface area contributed by atoms with Gasteiger partial charge in [-0.25, -0.2) is 4.79 Å². The second kappa shape index (κ2) is 5.05. The minimum Gasteiger partial charge on any atom is -0.508 e. The van der Waals surface area contributed by atoms with E-state index in [1.54, 1.807) is 12.1 Å². The number of rotatable bonds is 3. The van der Waals surface area contributed by atoms with E-state index in [0.717, 1.165) is 6.42 Å². The predicted molar refractivity (Wildman–Crippen MR) is 60.6 cm³/mol. The lowest BCUT2D eigenvalue weighted by atomic mass is 10.1. The summed E-state index contributed by atoms with van der Waals surface area (Å²) in [7, 11) is 0. The first-order valence-corrected chi connectivity index (χ1v) is 5.55. The smallest absolute Gasteiger partial charge is 0.409 e. The molecule has 1 amide bonds. The molecule has 5 heteroatoms. The summed E-state index contributed by atoms with van der Waals surface area (Å²) in [5, 5.41) is 19.1. The van der Waals surface area contributed by atoms with Crippen LogP contribution in [0.5, 0.6) is 5.75 Å². The van der Waals surface area contributed by atoms with E-state index in [9.17, 15) is 9.90 Å². The van der Waals surface area contributed by atoms with Crippen LogP contribution in [-0.4, -0.2) is 40.9 Å². The predicted octanol–water partition coefficient (Wildman–Crippen LogP) is 1.27. The van der Waals surface area contributed by atoms with Crippen LogP contribution >= 0.6 is 0 Å². The molecule has 0 aliphatic carbocycles. The minimum absolute atomic E-state index is 0.151. The molecule has 1 saturated heterocycles. The normalized spacial score (nSPS) is 17.7. The molecule has 1 heterocycles. The summed E-state index contributed by atoms with van der Waals surface area (Å²) >= 11 is 0. The fourth-order valence-corrected chi connectivity index (χ4v) is 1.77. The number of aromatic hydroxyl groups is 1. The quantitative estimate of drug-likeness (QED) is 0.830. The van der Waals surface area contributed by atoms with Gasteiger partial charge in [-0.3, -0.25) is 0 Å².